The highest BCUT2D eigenvalue weighted by Crippen LogP contribution is 2.28. The minimum Gasteiger partial charge on any atom is -0.497 e. The van der Waals surface area contributed by atoms with Crippen LogP contribution in [-0.4, -0.2) is 45.4 Å². The molecular weight excluding hydrogens is 617 g/mol. The number of halogens is 3. The summed E-state index contributed by atoms with van der Waals surface area (Å²) in [5, 5.41) is 9.35. The van der Waals surface area contributed by atoms with Gasteiger partial charge < -0.3 is 14.8 Å². The highest BCUT2D eigenvalue weighted by molar-refractivity contribution is 7.07. The molecule has 0 aliphatic heterocycles. The van der Waals surface area contributed by atoms with E-state index in [0.29, 0.717) is 22.9 Å². The van der Waals surface area contributed by atoms with E-state index in [1.807, 2.05) is 66.3 Å². The van der Waals surface area contributed by atoms with E-state index in [4.69, 9.17) is 4.74 Å². The molecule has 9 nitrogen and oxygen atoms in total. The van der Waals surface area contributed by atoms with Crippen LogP contribution < -0.4 is 19.6 Å². The zero-order valence-electron chi connectivity index (χ0n) is 25.9. The first-order chi connectivity index (χ1) is 21.9. The van der Waals surface area contributed by atoms with Crippen molar-refractivity contribution < 1.29 is 27.4 Å². The van der Waals surface area contributed by atoms with Gasteiger partial charge in [-0.05, 0) is 72.4 Å². The number of hydrogen-bond donors (Lipinski definition) is 1. The van der Waals surface area contributed by atoms with Crippen molar-refractivity contribution in [3.05, 3.63) is 100 Å². The second-order valence-electron chi connectivity index (χ2n) is 10.9. The van der Waals surface area contributed by atoms with E-state index in [-0.39, 0.29) is 17.6 Å². The molecule has 2 heterocycles. The highest BCUT2D eigenvalue weighted by atomic mass is 32.1. The van der Waals surface area contributed by atoms with Crippen molar-refractivity contribution in [3.63, 3.8) is 0 Å². The second kappa shape index (κ2) is 13.6. The fraction of sp³-hybridized carbons (Fsp3) is 0.273. The second-order valence-corrected chi connectivity index (χ2v) is 11.8. The van der Waals surface area contributed by atoms with Gasteiger partial charge in [-0.25, -0.2) is 14.5 Å². The molecule has 5 aromatic rings. The molecule has 0 fully saturated rings. The molecule has 0 aliphatic rings. The molecule has 1 atom stereocenters. The van der Waals surface area contributed by atoms with E-state index >= 15 is 0 Å². The molecule has 1 unspecified atom stereocenters. The number of amides is 2. The zero-order valence-corrected chi connectivity index (χ0v) is 26.7. The topological polar surface area (TPSA) is 95.6 Å². The summed E-state index contributed by atoms with van der Waals surface area (Å²) >= 11 is 1.41. The monoisotopic (exact) mass is 650 g/mol. The van der Waals surface area contributed by atoms with Crippen molar-refractivity contribution in [3.8, 4) is 34.3 Å². The Morgan fingerprint density at radius 2 is 1.72 bits per heavy atom. The zero-order chi connectivity index (χ0) is 33.0. The average molecular weight is 651 g/mol. The van der Waals surface area contributed by atoms with Crippen LogP contribution in [0.2, 0.25) is 0 Å². The Balaban J connectivity index is 1.23. The maximum Gasteiger partial charge on any atom is 0.573 e. The first-order valence-corrected chi connectivity index (χ1v) is 15.4. The van der Waals surface area contributed by atoms with Crippen molar-refractivity contribution in [2.45, 2.75) is 45.9 Å². The Bertz CT molecular complexity index is 1880. The van der Waals surface area contributed by atoms with Gasteiger partial charge in [-0.1, -0.05) is 45.0 Å². The molecule has 0 bridgehead atoms. The van der Waals surface area contributed by atoms with Gasteiger partial charge in [0.05, 0.1) is 18.5 Å². The third kappa shape index (κ3) is 7.65. The van der Waals surface area contributed by atoms with E-state index in [2.05, 4.69) is 39.0 Å². The van der Waals surface area contributed by atoms with E-state index in [1.54, 1.807) is 7.11 Å². The minimum atomic E-state index is -4.75. The summed E-state index contributed by atoms with van der Waals surface area (Å²) in [5.74, 6) is 1.16. The molecular formula is C33H33F3N6O3S. The standard InChI is InChI=1S/C33H33F3N6O3S/c1-20(2)28-16-27(44-5)14-15-29(28)42-22(4)18-46-32(42)39-31(43)37-17-21(3)23-6-8-24(9-7-23)30-38-19-41(40-30)25-10-12-26(13-11-25)45-33(34,35)36/h6-16,18-21H,17H2,1-5H3,(H,37,43)/b39-32-. The van der Waals surface area contributed by atoms with Crippen LogP contribution in [0.5, 0.6) is 11.5 Å². The summed E-state index contributed by atoms with van der Waals surface area (Å²) in [4.78, 5) is 22.2. The Labute approximate surface area is 268 Å². The Morgan fingerprint density at radius 1 is 1.02 bits per heavy atom. The molecule has 3 aromatic carbocycles. The maximum absolute atomic E-state index is 12.9. The Morgan fingerprint density at radius 3 is 2.37 bits per heavy atom. The lowest BCUT2D eigenvalue weighted by Crippen LogP contribution is -2.28. The van der Waals surface area contributed by atoms with Crippen LogP contribution in [0.4, 0.5) is 18.0 Å². The largest absolute Gasteiger partial charge is 0.573 e. The number of rotatable bonds is 9. The number of hydrogen-bond acceptors (Lipinski definition) is 6. The van der Waals surface area contributed by atoms with Crippen LogP contribution in [-0.2, 0) is 0 Å². The van der Waals surface area contributed by atoms with Gasteiger partial charge in [-0.15, -0.1) is 29.6 Å². The van der Waals surface area contributed by atoms with E-state index in [0.717, 1.165) is 33.8 Å². The quantitative estimate of drug-likeness (QED) is 0.178. The van der Waals surface area contributed by atoms with E-state index < -0.39 is 12.4 Å². The van der Waals surface area contributed by atoms with Crippen LogP contribution in [0.15, 0.2) is 83.4 Å². The summed E-state index contributed by atoms with van der Waals surface area (Å²) in [6.45, 7) is 8.61. The third-order valence-corrected chi connectivity index (χ3v) is 8.24. The molecule has 2 aromatic heterocycles. The maximum atomic E-state index is 12.9. The lowest BCUT2D eigenvalue weighted by atomic mass is 10.00. The number of nitrogens with zero attached hydrogens (tertiary/aromatic N) is 5. The molecule has 0 spiro atoms. The Kier molecular flexibility index (Phi) is 9.61. The minimum absolute atomic E-state index is 0.00229. The highest BCUT2D eigenvalue weighted by Gasteiger charge is 2.31. The summed E-state index contributed by atoms with van der Waals surface area (Å²) in [6.07, 6.45) is -3.27. The third-order valence-electron chi connectivity index (χ3n) is 7.30. The number of methoxy groups -OCH3 is 1. The molecule has 5 rings (SSSR count). The van der Waals surface area contributed by atoms with Crippen LogP contribution in [0, 0.1) is 6.92 Å². The van der Waals surface area contributed by atoms with E-state index in [1.165, 1.54) is 46.6 Å². The smallest absolute Gasteiger partial charge is 0.497 e. The fourth-order valence-electron chi connectivity index (χ4n) is 4.85. The van der Waals surface area contributed by atoms with Gasteiger partial charge in [0.25, 0.3) is 0 Å². The summed E-state index contributed by atoms with van der Waals surface area (Å²) in [5.41, 5.74) is 5.34. The van der Waals surface area contributed by atoms with Gasteiger partial charge in [0.1, 0.15) is 17.8 Å². The molecule has 46 heavy (non-hydrogen) atoms. The first kappa shape index (κ1) is 32.5. The number of alkyl halides is 3. The van der Waals surface area contributed by atoms with Gasteiger partial charge in [-0.2, -0.15) is 4.99 Å². The molecule has 1 N–H and O–H groups in total. The number of carbonyl (C=O) groups excluding carboxylic acids is 1. The average Bonchev–Trinajstić information content (AvgIpc) is 3.66. The van der Waals surface area contributed by atoms with Crippen molar-refractivity contribution in [2.24, 2.45) is 4.99 Å². The molecule has 0 aliphatic carbocycles. The lowest BCUT2D eigenvalue weighted by Gasteiger charge is -2.16. The van der Waals surface area contributed by atoms with Crippen molar-refractivity contribution in [1.29, 1.82) is 0 Å². The number of benzene rings is 3. The number of urea groups is 1. The normalized spacial score (nSPS) is 12.8. The number of ether oxygens (including phenoxy) is 2. The summed E-state index contributed by atoms with van der Waals surface area (Å²) < 4.78 is 50.1. The first-order valence-electron chi connectivity index (χ1n) is 14.5. The van der Waals surface area contributed by atoms with Gasteiger partial charge in [0.15, 0.2) is 10.6 Å². The number of aryl methyl sites for hydroxylation is 1. The van der Waals surface area contributed by atoms with Crippen molar-refractivity contribution in [1.82, 2.24) is 24.6 Å². The SMILES string of the molecule is COc1ccc(-n2c(C)cs/c2=N\C(=O)NCC(C)c2ccc(-c3ncn(-c4ccc(OC(F)(F)F)cc4)n3)cc2)c(C(C)C)c1. The van der Waals surface area contributed by atoms with Crippen molar-refractivity contribution in [2.75, 3.05) is 13.7 Å². The number of aromatic nitrogens is 4. The predicted octanol–water partition coefficient (Wildman–Crippen LogP) is 7.54. The van der Waals surface area contributed by atoms with Crippen LogP contribution in [0.1, 0.15) is 49.4 Å². The molecule has 13 heteroatoms. The van der Waals surface area contributed by atoms with Crippen LogP contribution in [0.25, 0.3) is 22.8 Å². The molecule has 0 saturated carbocycles. The number of nitrogens with one attached hydrogen (secondary N) is 1. The van der Waals surface area contributed by atoms with Gasteiger partial charge in [0.2, 0.25) is 0 Å². The lowest BCUT2D eigenvalue weighted by molar-refractivity contribution is -0.274. The molecule has 0 radical (unpaired) electrons. The molecule has 240 valence electrons. The summed E-state index contributed by atoms with van der Waals surface area (Å²) in [7, 11) is 1.64. The fourth-order valence-corrected chi connectivity index (χ4v) is 5.72. The number of carbonyl (C=O) groups is 1. The van der Waals surface area contributed by atoms with E-state index in [9.17, 15) is 18.0 Å². The number of thiazole rings is 1. The predicted molar refractivity (Wildman–Crippen MR) is 170 cm³/mol. The van der Waals surface area contributed by atoms with Gasteiger partial charge >= 0.3 is 12.4 Å². The molecule has 2 amide bonds. The van der Waals surface area contributed by atoms with Gasteiger partial charge in [0, 0.05) is 23.2 Å². The summed E-state index contributed by atoms with van der Waals surface area (Å²) in [6, 6.07) is 18.5. The van der Waals surface area contributed by atoms with Crippen LogP contribution >= 0.6 is 11.3 Å². The Hall–Kier alpha value is -4.91. The molecule has 0 saturated heterocycles. The van der Waals surface area contributed by atoms with Crippen LogP contribution in [0.3, 0.4) is 0 Å². The van der Waals surface area contributed by atoms with Gasteiger partial charge in [-0.3, -0.25) is 4.57 Å². The van der Waals surface area contributed by atoms with Crippen molar-refractivity contribution >= 4 is 17.4 Å².